The van der Waals surface area contributed by atoms with Gasteiger partial charge in [-0.05, 0) is 26.0 Å². The van der Waals surface area contributed by atoms with Gasteiger partial charge in [-0.2, -0.15) is 0 Å². The molecule has 3 heterocycles. The third kappa shape index (κ3) is 1.69. The number of carbonyl (C=O) groups excluding carboxylic acids is 3. The fraction of sp³-hybridized carbons (Fsp3) is 0.375. The minimum atomic E-state index is -1.08. The second-order valence-corrected chi connectivity index (χ2v) is 8.34. The Bertz CT molecular complexity index is 785. The second kappa shape index (κ2) is 4.60. The Kier molecular flexibility index (Phi) is 2.91. The Morgan fingerprint density at radius 3 is 2.17 bits per heavy atom. The smallest absolute Gasteiger partial charge is 0.327 e. The summed E-state index contributed by atoms with van der Waals surface area (Å²) >= 11 is 1.31. The maximum atomic E-state index is 12.6. The molecule has 0 radical (unpaired) electrons. The van der Waals surface area contributed by atoms with Crippen LogP contribution in [0.15, 0.2) is 24.3 Å². The van der Waals surface area contributed by atoms with Gasteiger partial charge in [0.1, 0.15) is 17.5 Å². The van der Waals surface area contributed by atoms with Crippen LogP contribution in [0.5, 0.6) is 0 Å². The first-order chi connectivity index (χ1) is 11.3. The maximum absolute atomic E-state index is 12.6. The summed E-state index contributed by atoms with van der Waals surface area (Å²) in [5.74, 6) is -2.55. The topological polar surface area (TPSA) is 95.0 Å². The number of amides is 3. The number of thioether (sulfide) groups is 1. The number of imide groups is 1. The van der Waals surface area contributed by atoms with Gasteiger partial charge in [0.2, 0.25) is 0 Å². The Morgan fingerprint density at radius 2 is 1.67 bits per heavy atom. The lowest BCUT2D eigenvalue weighted by atomic mass is 9.95. The number of carboxylic acid groups (broad SMARTS) is 1. The number of rotatable bonds is 2. The summed E-state index contributed by atoms with van der Waals surface area (Å²) in [5, 5.41) is 8.91. The molecule has 1 aromatic rings. The number of nitrogens with zero attached hydrogens (tertiary/aromatic N) is 2. The summed E-state index contributed by atoms with van der Waals surface area (Å²) in [5.41, 5.74) is 0.566. The van der Waals surface area contributed by atoms with Crippen molar-refractivity contribution in [3.63, 3.8) is 0 Å². The van der Waals surface area contributed by atoms with Crippen molar-refractivity contribution in [2.24, 2.45) is 0 Å². The lowest BCUT2D eigenvalue weighted by Gasteiger charge is -2.46. The highest BCUT2D eigenvalue weighted by Gasteiger charge is 2.67. The van der Waals surface area contributed by atoms with Crippen molar-refractivity contribution in [2.75, 3.05) is 0 Å². The van der Waals surface area contributed by atoms with Crippen molar-refractivity contribution in [3.05, 3.63) is 35.4 Å². The van der Waals surface area contributed by atoms with Crippen LogP contribution < -0.4 is 0 Å². The molecule has 0 unspecified atom stereocenters. The van der Waals surface area contributed by atoms with Crippen LogP contribution in [0, 0.1) is 0 Å². The normalized spacial score (nSPS) is 30.2. The van der Waals surface area contributed by atoms with Crippen LogP contribution in [0.1, 0.15) is 34.6 Å². The van der Waals surface area contributed by atoms with E-state index in [4.69, 9.17) is 0 Å². The number of hydrogen-bond acceptors (Lipinski definition) is 5. The van der Waals surface area contributed by atoms with Gasteiger partial charge in [-0.15, -0.1) is 11.8 Å². The van der Waals surface area contributed by atoms with Gasteiger partial charge in [-0.3, -0.25) is 19.3 Å². The monoisotopic (exact) mass is 346 g/mol. The van der Waals surface area contributed by atoms with Gasteiger partial charge in [-0.1, -0.05) is 12.1 Å². The van der Waals surface area contributed by atoms with Crippen molar-refractivity contribution in [1.82, 2.24) is 9.80 Å². The van der Waals surface area contributed by atoms with Crippen molar-refractivity contribution in [1.29, 1.82) is 0 Å². The Hall–Kier alpha value is -2.35. The van der Waals surface area contributed by atoms with Crippen molar-refractivity contribution >= 4 is 35.5 Å². The number of hydrogen-bond donors (Lipinski definition) is 1. The van der Waals surface area contributed by atoms with Gasteiger partial charge >= 0.3 is 5.97 Å². The van der Waals surface area contributed by atoms with Crippen LogP contribution in [-0.2, 0) is 9.59 Å². The first-order valence-corrected chi connectivity index (χ1v) is 8.33. The van der Waals surface area contributed by atoms with E-state index in [1.165, 1.54) is 16.7 Å². The minimum Gasteiger partial charge on any atom is -0.480 e. The quantitative estimate of drug-likeness (QED) is 0.629. The lowest BCUT2D eigenvalue weighted by Crippen LogP contribution is -2.71. The SMILES string of the molecule is CC1(C)S[C@@H]2[C@@H](N3C(=O)c4ccccc4C3=O)C(=O)N2[C@H]1C(=O)O. The summed E-state index contributed by atoms with van der Waals surface area (Å²) in [6.07, 6.45) is 0. The van der Waals surface area contributed by atoms with Crippen LogP contribution in [0.4, 0.5) is 0 Å². The number of β-lactam (4-membered cyclic amide) rings is 1. The molecule has 0 aliphatic carbocycles. The van der Waals surface area contributed by atoms with Gasteiger partial charge in [0.25, 0.3) is 17.7 Å². The van der Waals surface area contributed by atoms with Gasteiger partial charge in [0.15, 0.2) is 0 Å². The molecule has 0 bridgehead atoms. The summed E-state index contributed by atoms with van der Waals surface area (Å²) in [7, 11) is 0. The largest absolute Gasteiger partial charge is 0.480 e. The number of aliphatic carboxylic acids is 1. The van der Waals surface area contributed by atoms with Gasteiger partial charge < -0.3 is 10.0 Å². The molecule has 3 amide bonds. The molecule has 3 atom stereocenters. The molecule has 1 aromatic carbocycles. The highest BCUT2D eigenvalue weighted by atomic mass is 32.2. The standard InChI is InChI=1S/C16H14N2O5S/c1-16(2)10(15(22)23)18-13(21)9(14(18)24-16)17-11(19)7-5-3-4-6-8(7)12(17)20/h3-6,9-10,14H,1-2H3,(H,22,23)/t9-,10-,14+/m0/s1. The van der Waals surface area contributed by atoms with Gasteiger partial charge in [0, 0.05) is 4.75 Å². The van der Waals surface area contributed by atoms with Gasteiger partial charge in [-0.25, -0.2) is 4.79 Å². The van der Waals surface area contributed by atoms with E-state index in [1.807, 2.05) is 0 Å². The number of fused-ring (bicyclic) bond motifs is 2. The zero-order chi connectivity index (χ0) is 17.4. The lowest BCUT2D eigenvalue weighted by molar-refractivity contribution is -0.162. The van der Waals surface area contributed by atoms with Crippen molar-refractivity contribution < 1.29 is 24.3 Å². The van der Waals surface area contributed by atoms with Crippen molar-refractivity contribution in [2.45, 2.75) is 36.1 Å². The van der Waals surface area contributed by atoms with E-state index in [0.717, 1.165) is 4.90 Å². The molecule has 7 nitrogen and oxygen atoms in total. The molecule has 0 saturated carbocycles. The first-order valence-electron chi connectivity index (χ1n) is 7.45. The molecule has 1 N–H and O–H groups in total. The highest BCUT2D eigenvalue weighted by Crippen LogP contribution is 2.52. The second-order valence-electron chi connectivity index (χ2n) is 6.57. The number of benzene rings is 1. The fourth-order valence-electron chi connectivity index (χ4n) is 3.69. The molecule has 0 spiro atoms. The molecule has 3 aliphatic rings. The van der Waals surface area contributed by atoms with E-state index in [0.29, 0.717) is 0 Å². The number of carbonyl (C=O) groups is 4. The molecule has 2 saturated heterocycles. The fourth-order valence-corrected chi connectivity index (χ4v) is 5.36. The summed E-state index contributed by atoms with van der Waals surface area (Å²) < 4.78 is -0.695. The third-order valence-electron chi connectivity index (χ3n) is 4.75. The Balaban J connectivity index is 1.69. The van der Waals surface area contributed by atoms with Crippen molar-refractivity contribution in [3.8, 4) is 0 Å². The highest BCUT2D eigenvalue weighted by molar-refractivity contribution is 8.01. The molecule has 0 aromatic heterocycles. The molecular weight excluding hydrogens is 332 g/mol. The van der Waals surface area contributed by atoms with Crippen LogP contribution in [-0.4, -0.2) is 60.8 Å². The molecule has 124 valence electrons. The van der Waals surface area contributed by atoms with E-state index in [9.17, 15) is 24.3 Å². The van der Waals surface area contributed by atoms with E-state index >= 15 is 0 Å². The van der Waals surface area contributed by atoms with Crippen LogP contribution in [0.3, 0.4) is 0 Å². The Morgan fingerprint density at radius 1 is 1.12 bits per heavy atom. The third-order valence-corrected chi connectivity index (χ3v) is 6.31. The summed E-state index contributed by atoms with van der Waals surface area (Å²) in [6, 6.07) is 4.54. The average molecular weight is 346 g/mol. The summed E-state index contributed by atoms with van der Waals surface area (Å²) in [4.78, 5) is 51.5. The molecule has 8 heteroatoms. The number of carboxylic acids is 1. The molecular formula is C16H14N2O5S. The average Bonchev–Trinajstić information content (AvgIpc) is 2.92. The van der Waals surface area contributed by atoms with Crippen LogP contribution >= 0.6 is 11.8 Å². The van der Waals surface area contributed by atoms with E-state index in [1.54, 1.807) is 38.1 Å². The van der Waals surface area contributed by atoms with E-state index in [2.05, 4.69) is 0 Å². The van der Waals surface area contributed by atoms with E-state index < -0.39 is 45.9 Å². The zero-order valence-electron chi connectivity index (χ0n) is 12.9. The predicted octanol–water partition coefficient (Wildman–Crippen LogP) is 0.798. The molecule has 2 fully saturated rings. The predicted molar refractivity (Wildman–Crippen MR) is 84.5 cm³/mol. The Labute approximate surface area is 141 Å². The molecule has 4 rings (SSSR count). The molecule has 24 heavy (non-hydrogen) atoms. The van der Waals surface area contributed by atoms with Crippen LogP contribution in [0.2, 0.25) is 0 Å². The summed E-state index contributed by atoms with van der Waals surface area (Å²) in [6.45, 7) is 3.50. The van der Waals surface area contributed by atoms with Gasteiger partial charge in [0.05, 0.1) is 11.1 Å². The van der Waals surface area contributed by atoms with E-state index in [-0.39, 0.29) is 11.1 Å². The first kappa shape index (κ1) is 15.2. The zero-order valence-corrected chi connectivity index (χ0v) is 13.7. The molecule has 3 aliphatic heterocycles. The minimum absolute atomic E-state index is 0.283. The van der Waals surface area contributed by atoms with Crippen LogP contribution in [0.25, 0.3) is 0 Å². The maximum Gasteiger partial charge on any atom is 0.327 e.